The van der Waals surface area contributed by atoms with Crippen LogP contribution in [0.1, 0.15) is 54.9 Å². The molecule has 2 aliphatic rings. The van der Waals surface area contributed by atoms with E-state index in [9.17, 15) is 4.79 Å². The molecule has 0 aromatic heterocycles. The maximum atomic E-state index is 13.2. The standard InChI is InChI=1S/C28H39NO3Si/c1-20(24-25-23(31-27(2,3)4)18-19-29(25)26(24)30)32-33(28(5,6)7,21-14-10-8-11-15-21)22-16-12-9-13-17-22/h8-17,20,23-25H,18-19H2,1-7H3/t20-,23+,24-,25+/m0/s1. The van der Waals surface area contributed by atoms with E-state index in [0.717, 1.165) is 13.0 Å². The molecule has 33 heavy (non-hydrogen) atoms. The first-order valence-corrected chi connectivity index (χ1v) is 14.1. The Balaban J connectivity index is 1.72. The summed E-state index contributed by atoms with van der Waals surface area (Å²) in [7, 11) is -2.71. The molecule has 5 heteroatoms. The minimum Gasteiger partial charge on any atom is -0.404 e. The average molecular weight is 466 g/mol. The number of fused-ring (bicyclic) bond motifs is 1. The van der Waals surface area contributed by atoms with Crippen LogP contribution in [0.15, 0.2) is 60.7 Å². The van der Waals surface area contributed by atoms with E-state index in [2.05, 4.69) is 109 Å². The molecule has 2 aliphatic heterocycles. The summed E-state index contributed by atoms with van der Waals surface area (Å²) in [6.45, 7) is 16.0. The SMILES string of the molecule is C[C@H](O[Si](c1ccccc1)(c1ccccc1)C(C)(C)C)[C@@H]1C(=O)N2CC[C@@H](OC(C)(C)C)[C@H]12. The van der Waals surface area contributed by atoms with Crippen molar-refractivity contribution in [1.29, 1.82) is 0 Å². The van der Waals surface area contributed by atoms with Crippen LogP contribution in [0.2, 0.25) is 5.04 Å². The van der Waals surface area contributed by atoms with Gasteiger partial charge in [0.25, 0.3) is 8.32 Å². The Labute approximate surface area is 200 Å². The molecule has 2 saturated heterocycles. The average Bonchev–Trinajstić information content (AvgIpc) is 3.08. The number of nitrogens with zero attached hydrogens (tertiary/aromatic N) is 1. The van der Waals surface area contributed by atoms with Crippen LogP contribution in [0.5, 0.6) is 0 Å². The van der Waals surface area contributed by atoms with Gasteiger partial charge in [-0.25, -0.2) is 0 Å². The number of carbonyl (C=O) groups is 1. The van der Waals surface area contributed by atoms with Gasteiger partial charge in [0.15, 0.2) is 0 Å². The summed E-state index contributed by atoms with van der Waals surface area (Å²) in [5.74, 6) is 0.0481. The Bertz CT molecular complexity index is 925. The number of hydrogen-bond donors (Lipinski definition) is 0. The fourth-order valence-corrected chi connectivity index (χ4v) is 10.5. The van der Waals surface area contributed by atoms with Crippen molar-refractivity contribution in [2.24, 2.45) is 5.92 Å². The van der Waals surface area contributed by atoms with Crippen LogP contribution in [-0.2, 0) is 14.0 Å². The van der Waals surface area contributed by atoms with Crippen molar-refractivity contribution in [2.45, 2.75) is 83.8 Å². The van der Waals surface area contributed by atoms with Crippen molar-refractivity contribution in [3.8, 4) is 0 Å². The minimum atomic E-state index is -2.71. The minimum absolute atomic E-state index is 0.0675. The summed E-state index contributed by atoms with van der Waals surface area (Å²) in [6, 6.07) is 21.4. The van der Waals surface area contributed by atoms with Crippen LogP contribution in [0.3, 0.4) is 0 Å². The van der Waals surface area contributed by atoms with E-state index < -0.39 is 8.32 Å². The van der Waals surface area contributed by atoms with Crippen molar-refractivity contribution in [1.82, 2.24) is 4.90 Å². The van der Waals surface area contributed by atoms with Gasteiger partial charge >= 0.3 is 0 Å². The van der Waals surface area contributed by atoms with Gasteiger partial charge in [-0.1, -0.05) is 81.4 Å². The fraction of sp³-hybridized carbons (Fsp3) is 0.536. The van der Waals surface area contributed by atoms with Crippen LogP contribution in [-0.4, -0.2) is 49.5 Å². The largest absolute Gasteiger partial charge is 0.404 e. The van der Waals surface area contributed by atoms with E-state index >= 15 is 0 Å². The number of hydrogen-bond acceptors (Lipinski definition) is 3. The van der Waals surface area contributed by atoms with E-state index in [1.54, 1.807) is 0 Å². The number of benzene rings is 2. The molecule has 4 nitrogen and oxygen atoms in total. The third-order valence-corrected chi connectivity index (χ3v) is 12.3. The van der Waals surface area contributed by atoms with Crippen LogP contribution in [0, 0.1) is 5.92 Å². The fourth-order valence-electron chi connectivity index (χ4n) is 5.83. The zero-order chi connectivity index (χ0) is 24.0. The first-order valence-electron chi connectivity index (χ1n) is 12.2. The molecule has 4 atom stereocenters. The molecular formula is C28H39NO3Si. The summed E-state index contributed by atoms with van der Waals surface area (Å²) < 4.78 is 13.7. The van der Waals surface area contributed by atoms with E-state index in [1.165, 1.54) is 10.4 Å². The Morgan fingerprint density at radius 3 is 1.88 bits per heavy atom. The molecule has 2 heterocycles. The van der Waals surface area contributed by atoms with Gasteiger partial charge in [-0.2, -0.15) is 0 Å². The number of ether oxygens (including phenoxy) is 1. The summed E-state index contributed by atoms with van der Waals surface area (Å²) in [6.07, 6.45) is 0.767. The zero-order valence-corrected chi connectivity index (χ0v) is 22.2. The molecule has 2 aromatic carbocycles. The lowest BCUT2D eigenvalue weighted by Gasteiger charge is -2.51. The molecule has 2 aromatic rings. The molecule has 2 fully saturated rings. The third kappa shape index (κ3) is 4.31. The van der Waals surface area contributed by atoms with Crippen LogP contribution >= 0.6 is 0 Å². The number of amides is 1. The molecule has 0 aliphatic carbocycles. The highest BCUT2D eigenvalue weighted by Gasteiger charge is 2.60. The monoisotopic (exact) mass is 465 g/mol. The van der Waals surface area contributed by atoms with Crippen LogP contribution in [0.4, 0.5) is 0 Å². The van der Waals surface area contributed by atoms with E-state index in [1.807, 2.05) is 4.90 Å². The van der Waals surface area contributed by atoms with E-state index in [0.29, 0.717) is 0 Å². The Kier molecular flexibility index (Phi) is 6.36. The summed E-state index contributed by atoms with van der Waals surface area (Å²) in [5.41, 5.74) is -0.230. The summed E-state index contributed by atoms with van der Waals surface area (Å²) in [5, 5.41) is 2.37. The van der Waals surface area contributed by atoms with Crippen molar-refractivity contribution in [2.75, 3.05) is 6.54 Å². The number of β-lactam (4-membered cyclic amide) rings is 1. The van der Waals surface area contributed by atoms with Gasteiger partial charge in [0.2, 0.25) is 5.91 Å². The molecule has 0 N–H and O–H groups in total. The zero-order valence-electron chi connectivity index (χ0n) is 21.2. The maximum Gasteiger partial charge on any atom is 0.261 e. The highest BCUT2D eigenvalue weighted by molar-refractivity contribution is 6.99. The highest BCUT2D eigenvalue weighted by Crippen LogP contribution is 2.44. The lowest BCUT2D eigenvalue weighted by molar-refractivity contribution is -0.171. The molecule has 0 saturated carbocycles. The smallest absolute Gasteiger partial charge is 0.261 e. The van der Waals surface area contributed by atoms with Crippen LogP contribution < -0.4 is 10.4 Å². The second kappa shape index (κ2) is 8.68. The number of carbonyl (C=O) groups excluding carboxylic acids is 1. The Morgan fingerprint density at radius 2 is 1.42 bits per heavy atom. The van der Waals surface area contributed by atoms with Gasteiger partial charge in [-0.05, 0) is 49.5 Å². The Morgan fingerprint density at radius 1 is 0.909 bits per heavy atom. The van der Waals surface area contributed by atoms with Crippen molar-refractivity contribution < 1.29 is 14.0 Å². The molecule has 4 rings (SSSR count). The van der Waals surface area contributed by atoms with E-state index in [4.69, 9.17) is 9.16 Å². The molecule has 0 spiro atoms. The van der Waals surface area contributed by atoms with Crippen LogP contribution in [0.25, 0.3) is 0 Å². The van der Waals surface area contributed by atoms with E-state index in [-0.39, 0.29) is 40.7 Å². The molecule has 0 radical (unpaired) electrons. The molecule has 0 bridgehead atoms. The first-order chi connectivity index (χ1) is 15.5. The number of rotatable bonds is 6. The quantitative estimate of drug-likeness (QED) is 0.470. The topological polar surface area (TPSA) is 38.8 Å². The van der Waals surface area contributed by atoms with Gasteiger partial charge in [0.1, 0.15) is 0 Å². The summed E-state index contributed by atoms with van der Waals surface area (Å²) in [4.78, 5) is 15.2. The highest BCUT2D eigenvalue weighted by atomic mass is 28.4. The van der Waals surface area contributed by atoms with Crippen molar-refractivity contribution in [3.63, 3.8) is 0 Å². The van der Waals surface area contributed by atoms with Gasteiger partial charge in [-0.3, -0.25) is 4.79 Å². The van der Waals surface area contributed by atoms with Gasteiger partial charge in [0.05, 0.1) is 29.8 Å². The van der Waals surface area contributed by atoms with Gasteiger partial charge in [-0.15, -0.1) is 0 Å². The molecule has 1 amide bonds. The lowest BCUT2D eigenvalue weighted by atomic mass is 9.82. The Hall–Kier alpha value is -1.95. The second-order valence-corrected chi connectivity index (χ2v) is 15.8. The van der Waals surface area contributed by atoms with Crippen molar-refractivity contribution >= 4 is 24.6 Å². The predicted molar refractivity (Wildman–Crippen MR) is 136 cm³/mol. The lowest BCUT2D eigenvalue weighted by Crippen LogP contribution is -2.71. The first kappa shape index (κ1) is 24.2. The second-order valence-electron chi connectivity index (χ2n) is 11.6. The molecule has 178 valence electrons. The molecular weight excluding hydrogens is 426 g/mol. The third-order valence-electron chi connectivity index (χ3n) is 7.12. The summed E-state index contributed by atoms with van der Waals surface area (Å²) >= 11 is 0. The predicted octanol–water partition coefficient (Wildman–Crippen LogP) is 4.37. The normalized spacial score (nSPS) is 24.4. The van der Waals surface area contributed by atoms with Gasteiger partial charge in [0, 0.05) is 6.54 Å². The maximum absolute atomic E-state index is 13.2. The van der Waals surface area contributed by atoms with Crippen molar-refractivity contribution in [3.05, 3.63) is 60.7 Å². The molecule has 0 unspecified atom stereocenters. The van der Waals surface area contributed by atoms with Gasteiger partial charge < -0.3 is 14.1 Å².